The third-order valence-corrected chi connectivity index (χ3v) is 3.19. The summed E-state index contributed by atoms with van der Waals surface area (Å²) in [5.41, 5.74) is 8.29. The summed E-state index contributed by atoms with van der Waals surface area (Å²) in [6.45, 7) is 0. The molecule has 0 bridgehead atoms. The fraction of sp³-hybridized carbons (Fsp3) is 0.0714. The van der Waals surface area contributed by atoms with Crippen LogP contribution in [0.2, 0.25) is 0 Å². The largest absolute Gasteiger partial charge is 0.497 e. The lowest BCUT2D eigenvalue weighted by Gasteiger charge is -2.01. The molecule has 0 spiro atoms. The Morgan fingerprint density at radius 1 is 1.29 bits per heavy atom. The maximum Gasteiger partial charge on any atom is 0.270 e. The van der Waals surface area contributed by atoms with Crippen LogP contribution < -0.4 is 10.5 Å². The molecule has 0 saturated heterocycles. The quantitative estimate of drug-likeness (QED) is 0.437. The Bertz CT molecular complexity index is 841. The van der Waals surface area contributed by atoms with Crippen molar-refractivity contribution in [2.75, 3.05) is 12.8 Å². The van der Waals surface area contributed by atoms with Crippen molar-refractivity contribution in [2.45, 2.75) is 0 Å². The molecule has 0 aliphatic heterocycles. The van der Waals surface area contributed by atoms with E-state index in [1.54, 1.807) is 19.2 Å². The molecule has 0 amide bonds. The molecule has 0 fully saturated rings. The van der Waals surface area contributed by atoms with Gasteiger partial charge in [-0.1, -0.05) is 0 Å². The first-order valence-electron chi connectivity index (χ1n) is 6.16. The van der Waals surface area contributed by atoms with E-state index in [4.69, 9.17) is 10.5 Å². The molecule has 7 heteroatoms. The number of nitrogens with zero attached hydrogens (tertiary/aromatic N) is 2. The van der Waals surface area contributed by atoms with Gasteiger partial charge in [0.05, 0.1) is 23.1 Å². The van der Waals surface area contributed by atoms with Crippen molar-refractivity contribution < 1.29 is 9.66 Å². The summed E-state index contributed by atoms with van der Waals surface area (Å²) in [5.74, 6) is 1.18. The van der Waals surface area contributed by atoms with Gasteiger partial charge in [-0.05, 0) is 18.2 Å². The molecule has 0 aliphatic rings. The molecule has 21 heavy (non-hydrogen) atoms. The van der Waals surface area contributed by atoms with Crippen LogP contribution in [-0.4, -0.2) is 22.0 Å². The van der Waals surface area contributed by atoms with Gasteiger partial charge < -0.3 is 15.5 Å². The highest BCUT2D eigenvalue weighted by Crippen LogP contribution is 2.30. The van der Waals surface area contributed by atoms with E-state index in [0.29, 0.717) is 22.8 Å². The molecule has 3 rings (SSSR count). The minimum atomic E-state index is -0.464. The smallest absolute Gasteiger partial charge is 0.270 e. The molecule has 7 nitrogen and oxygen atoms in total. The highest BCUT2D eigenvalue weighted by Gasteiger charge is 2.14. The third-order valence-electron chi connectivity index (χ3n) is 3.19. The van der Waals surface area contributed by atoms with Gasteiger partial charge in [0.15, 0.2) is 0 Å². The van der Waals surface area contributed by atoms with E-state index in [1.807, 2.05) is 6.07 Å². The number of nitro benzene ring substituents is 1. The number of ether oxygens (including phenoxy) is 1. The molecule has 106 valence electrons. The van der Waals surface area contributed by atoms with Crippen molar-refractivity contribution in [1.29, 1.82) is 0 Å². The number of imidazole rings is 1. The maximum atomic E-state index is 10.9. The van der Waals surface area contributed by atoms with Gasteiger partial charge in [-0.2, -0.15) is 0 Å². The summed E-state index contributed by atoms with van der Waals surface area (Å²) in [6.07, 6.45) is 0. The molecule has 0 aliphatic carbocycles. The van der Waals surface area contributed by atoms with Crippen molar-refractivity contribution in [1.82, 2.24) is 9.97 Å². The summed E-state index contributed by atoms with van der Waals surface area (Å²) < 4.78 is 5.15. The van der Waals surface area contributed by atoms with Gasteiger partial charge in [-0.3, -0.25) is 10.1 Å². The monoisotopic (exact) mass is 284 g/mol. The second-order valence-corrected chi connectivity index (χ2v) is 4.50. The Hall–Kier alpha value is -3.09. The number of fused-ring (bicyclic) bond motifs is 1. The molecule has 0 atom stereocenters. The lowest BCUT2D eigenvalue weighted by atomic mass is 10.1. The summed E-state index contributed by atoms with van der Waals surface area (Å²) in [6, 6.07) is 9.68. The van der Waals surface area contributed by atoms with Crippen LogP contribution in [0, 0.1) is 10.1 Å². The number of hydrogen-bond acceptors (Lipinski definition) is 5. The van der Waals surface area contributed by atoms with Crippen LogP contribution in [0.4, 0.5) is 11.4 Å². The summed E-state index contributed by atoms with van der Waals surface area (Å²) in [5, 5.41) is 10.9. The Morgan fingerprint density at radius 3 is 2.81 bits per heavy atom. The number of nitrogen functional groups attached to an aromatic ring is 1. The van der Waals surface area contributed by atoms with Crippen molar-refractivity contribution in [2.24, 2.45) is 0 Å². The number of nitrogens with two attached hydrogens (primary N) is 1. The Balaban J connectivity index is 2.15. The minimum absolute atomic E-state index is 0.0303. The predicted octanol–water partition coefficient (Wildman–Crippen LogP) is 2.73. The number of H-pyrrole nitrogens is 1. The highest BCUT2D eigenvalue weighted by molar-refractivity contribution is 5.84. The summed E-state index contributed by atoms with van der Waals surface area (Å²) >= 11 is 0. The van der Waals surface area contributed by atoms with Crippen LogP contribution in [0.25, 0.3) is 22.4 Å². The lowest BCUT2D eigenvalue weighted by molar-refractivity contribution is -0.384. The van der Waals surface area contributed by atoms with E-state index in [2.05, 4.69) is 9.97 Å². The molecular weight excluding hydrogens is 272 g/mol. The van der Waals surface area contributed by atoms with E-state index in [1.165, 1.54) is 18.2 Å². The van der Waals surface area contributed by atoms with Crippen molar-refractivity contribution in [3.8, 4) is 17.1 Å². The Kier molecular flexibility index (Phi) is 2.94. The van der Waals surface area contributed by atoms with Gasteiger partial charge >= 0.3 is 0 Å². The number of hydrogen-bond donors (Lipinski definition) is 2. The number of aromatic amines is 1. The van der Waals surface area contributed by atoms with Crippen LogP contribution in [0.3, 0.4) is 0 Å². The number of non-ortho nitro benzene ring substituents is 1. The first kappa shape index (κ1) is 12.9. The fourth-order valence-electron chi connectivity index (χ4n) is 2.11. The van der Waals surface area contributed by atoms with Gasteiger partial charge in [0.2, 0.25) is 0 Å². The van der Waals surface area contributed by atoms with Crippen LogP contribution >= 0.6 is 0 Å². The fourth-order valence-corrected chi connectivity index (χ4v) is 2.11. The molecule has 1 aromatic heterocycles. The summed E-state index contributed by atoms with van der Waals surface area (Å²) in [4.78, 5) is 17.9. The second-order valence-electron chi connectivity index (χ2n) is 4.50. The molecule has 0 saturated carbocycles. The Labute approximate surface area is 119 Å². The predicted molar refractivity (Wildman–Crippen MR) is 79.1 cm³/mol. The van der Waals surface area contributed by atoms with Gasteiger partial charge in [0.1, 0.15) is 11.6 Å². The number of nitro groups is 1. The number of anilines is 1. The normalized spacial score (nSPS) is 10.7. The molecule has 1 heterocycles. The number of benzene rings is 2. The number of methoxy groups -OCH3 is 1. The number of rotatable bonds is 3. The zero-order valence-corrected chi connectivity index (χ0v) is 11.2. The van der Waals surface area contributed by atoms with Gasteiger partial charge in [0.25, 0.3) is 5.69 Å². The lowest BCUT2D eigenvalue weighted by Crippen LogP contribution is -1.94. The highest BCUT2D eigenvalue weighted by atomic mass is 16.6. The van der Waals surface area contributed by atoms with Gasteiger partial charge in [0, 0.05) is 29.4 Å². The van der Waals surface area contributed by atoms with Crippen LogP contribution in [-0.2, 0) is 0 Å². The van der Waals surface area contributed by atoms with Gasteiger partial charge in [-0.15, -0.1) is 0 Å². The van der Waals surface area contributed by atoms with Crippen molar-refractivity contribution >= 4 is 22.4 Å². The van der Waals surface area contributed by atoms with Crippen LogP contribution in [0.15, 0.2) is 36.4 Å². The van der Waals surface area contributed by atoms with E-state index < -0.39 is 4.92 Å². The van der Waals surface area contributed by atoms with Crippen LogP contribution in [0.1, 0.15) is 0 Å². The first-order chi connectivity index (χ1) is 10.1. The van der Waals surface area contributed by atoms with E-state index in [0.717, 1.165) is 11.0 Å². The van der Waals surface area contributed by atoms with E-state index in [9.17, 15) is 10.1 Å². The average molecular weight is 284 g/mol. The molecule has 3 N–H and O–H groups in total. The third kappa shape index (κ3) is 2.25. The Morgan fingerprint density at radius 2 is 2.10 bits per heavy atom. The molecule has 0 unspecified atom stereocenters. The standard InChI is InChI=1S/C14H12N4O3/c1-21-9-3-5-12-13(7-9)17-14(16-12)10-6-8(18(19)20)2-4-11(10)15/h2-7H,15H2,1H3,(H,16,17). The SMILES string of the molecule is COc1ccc2nc(-c3cc([N+](=O)[O-])ccc3N)[nH]c2c1. The molecule has 0 radical (unpaired) electrons. The summed E-state index contributed by atoms with van der Waals surface area (Å²) in [7, 11) is 1.58. The molecule has 2 aromatic carbocycles. The number of aromatic nitrogens is 2. The molecule has 3 aromatic rings. The minimum Gasteiger partial charge on any atom is -0.497 e. The van der Waals surface area contributed by atoms with E-state index >= 15 is 0 Å². The van der Waals surface area contributed by atoms with E-state index in [-0.39, 0.29) is 5.69 Å². The average Bonchev–Trinajstić information content (AvgIpc) is 2.89. The molecular formula is C14H12N4O3. The van der Waals surface area contributed by atoms with Crippen molar-refractivity contribution in [3.63, 3.8) is 0 Å². The van der Waals surface area contributed by atoms with Crippen molar-refractivity contribution in [3.05, 3.63) is 46.5 Å². The zero-order valence-electron chi connectivity index (χ0n) is 11.2. The van der Waals surface area contributed by atoms with Gasteiger partial charge in [-0.25, -0.2) is 4.98 Å². The zero-order chi connectivity index (χ0) is 15.0. The topological polar surface area (TPSA) is 107 Å². The maximum absolute atomic E-state index is 10.9. The second kappa shape index (κ2) is 4.78. The van der Waals surface area contributed by atoms with Crippen LogP contribution in [0.5, 0.6) is 5.75 Å². The first-order valence-corrected chi connectivity index (χ1v) is 6.16. The number of nitrogens with one attached hydrogen (secondary N) is 1.